The number of rotatable bonds is 5. The van der Waals surface area contributed by atoms with E-state index in [-0.39, 0.29) is 0 Å². The van der Waals surface area contributed by atoms with Crippen LogP contribution in [0.5, 0.6) is 0 Å². The largest absolute Gasteiger partial charge is 0.352 e. The first-order chi connectivity index (χ1) is 13.6. The SMILES string of the molecule is O=S(=O)(c1ccccc1)N1CCN(c2ccc(Nc3ccccn3)nn2)CC1. The smallest absolute Gasteiger partial charge is 0.243 e. The molecule has 4 rings (SSSR count). The standard InChI is InChI=1S/C19H20N6O2S/c26-28(27,16-6-2-1-3-7-16)25-14-12-24(13-15-25)19-10-9-18(22-23-19)21-17-8-4-5-11-20-17/h1-11H,12-15H2,(H,20,21,22). The van der Waals surface area contributed by atoms with Gasteiger partial charge in [-0.1, -0.05) is 24.3 Å². The molecule has 0 bridgehead atoms. The number of benzene rings is 1. The van der Waals surface area contributed by atoms with Crippen molar-refractivity contribution in [2.75, 3.05) is 36.4 Å². The van der Waals surface area contributed by atoms with Gasteiger partial charge in [-0.15, -0.1) is 10.2 Å². The van der Waals surface area contributed by atoms with Gasteiger partial charge >= 0.3 is 0 Å². The fourth-order valence-electron chi connectivity index (χ4n) is 3.03. The quantitative estimate of drug-likeness (QED) is 0.706. The lowest BCUT2D eigenvalue weighted by atomic mass is 10.3. The summed E-state index contributed by atoms with van der Waals surface area (Å²) in [5, 5.41) is 11.5. The minimum atomic E-state index is -3.46. The van der Waals surface area contributed by atoms with Gasteiger partial charge in [0.15, 0.2) is 11.6 Å². The lowest BCUT2D eigenvalue weighted by molar-refractivity contribution is 0.383. The van der Waals surface area contributed by atoms with Crippen LogP contribution in [0, 0.1) is 0 Å². The molecule has 0 aliphatic carbocycles. The second kappa shape index (κ2) is 7.91. The minimum Gasteiger partial charge on any atom is -0.352 e. The predicted molar refractivity (Wildman–Crippen MR) is 107 cm³/mol. The molecule has 8 nitrogen and oxygen atoms in total. The van der Waals surface area contributed by atoms with Crippen molar-refractivity contribution in [3.05, 3.63) is 66.9 Å². The summed E-state index contributed by atoms with van der Waals surface area (Å²) in [4.78, 5) is 6.55. The van der Waals surface area contributed by atoms with Crippen molar-refractivity contribution >= 4 is 27.5 Å². The molecule has 1 fully saturated rings. The van der Waals surface area contributed by atoms with E-state index in [1.807, 2.05) is 41.3 Å². The third-order valence-electron chi connectivity index (χ3n) is 4.52. The Kier molecular flexibility index (Phi) is 5.18. The average molecular weight is 396 g/mol. The van der Waals surface area contributed by atoms with E-state index in [1.165, 1.54) is 4.31 Å². The van der Waals surface area contributed by atoms with Crippen molar-refractivity contribution in [1.82, 2.24) is 19.5 Å². The van der Waals surface area contributed by atoms with Crippen LogP contribution in [0.3, 0.4) is 0 Å². The molecular formula is C19H20N6O2S. The fourth-order valence-corrected chi connectivity index (χ4v) is 4.47. The van der Waals surface area contributed by atoms with Crippen LogP contribution in [0.15, 0.2) is 71.8 Å². The molecule has 0 amide bonds. The number of pyridine rings is 1. The van der Waals surface area contributed by atoms with Crippen LogP contribution in [-0.4, -0.2) is 54.1 Å². The molecule has 3 heterocycles. The maximum atomic E-state index is 12.7. The molecule has 3 aromatic rings. The highest BCUT2D eigenvalue weighted by Crippen LogP contribution is 2.20. The van der Waals surface area contributed by atoms with Gasteiger partial charge in [-0.3, -0.25) is 0 Å². The van der Waals surface area contributed by atoms with Crippen molar-refractivity contribution in [3.8, 4) is 0 Å². The summed E-state index contributed by atoms with van der Waals surface area (Å²) in [6.07, 6.45) is 1.70. The molecule has 1 aromatic carbocycles. The molecule has 1 aliphatic heterocycles. The lowest BCUT2D eigenvalue weighted by Crippen LogP contribution is -2.48. The second-order valence-corrected chi connectivity index (χ2v) is 8.26. The van der Waals surface area contributed by atoms with Gasteiger partial charge in [0.05, 0.1) is 4.90 Å². The maximum absolute atomic E-state index is 12.7. The van der Waals surface area contributed by atoms with E-state index in [0.29, 0.717) is 42.7 Å². The van der Waals surface area contributed by atoms with Crippen LogP contribution < -0.4 is 10.2 Å². The van der Waals surface area contributed by atoms with Crippen molar-refractivity contribution in [1.29, 1.82) is 0 Å². The Morgan fingerprint density at radius 1 is 0.786 bits per heavy atom. The van der Waals surface area contributed by atoms with Crippen LogP contribution in [0.25, 0.3) is 0 Å². The van der Waals surface area contributed by atoms with E-state index < -0.39 is 10.0 Å². The second-order valence-electron chi connectivity index (χ2n) is 6.32. The molecular weight excluding hydrogens is 376 g/mol. The number of hydrogen-bond acceptors (Lipinski definition) is 7. The van der Waals surface area contributed by atoms with Gasteiger partial charge in [0, 0.05) is 32.4 Å². The summed E-state index contributed by atoms with van der Waals surface area (Å²) in [5.41, 5.74) is 0. The monoisotopic (exact) mass is 396 g/mol. The first kappa shape index (κ1) is 18.3. The van der Waals surface area contributed by atoms with E-state index in [1.54, 1.807) is 30.5 Å². The Balaban J connectivity index is 1.39. The van der Waals surface area contributed by atoms with E-state index in [9.17, 15) is 8.42 Å². The van der Waals surface area contributed by atoms with Gasteiger partial charge in [-0.25, -0.2) is 13.4 Å². The molecule has 144 valence electrons. The molecule has 0 atom stereocenters. The number of nitrogens with one attached hydrogen (secondary N) is 1. The minimum absolute atomic E-state index is 0.327. The van der Waals surface area contributed by atoms with E-state index >= 15 is 0 Å². The number of aromatic nitrogens is 3. The number of piperazine rings is 1. The van der Waals surface area contributed by atoms with E-state index in [4.69, 9.17) is 0 Å². The molecule has 1 saturated heterocycles. The van der Waals surface area contributed by atoms with Gasteiger partial charge in [-0.2, -0.15) is 4.31 Å². The van der Waals surface area contributed by atoms with Crippen molar-refractivity contribution in [3.63, 3.8) is 0 Å². The molecule has 0 saturated carbocycles. The summed E-state index contributed by atoms with van der Waals surface area (Å²) >= 11 is 0. The van der Waals surface area contributed by atoms with Crippen LogP contribution in [0.4, 0.5) is 17.5 Å². The number of hydrogen-bond donors (Lipinski definition) is 1. The van der Waals surface area contributed by atoms with E-state index in [0.717, 1.165) is 5.82 Å². The van der Waals surface area contributed by atoms with Crippen LogP contribution >= 0.6 is 0 Å². The Bertz CT molecular complexity index is 1010. The molecule has 0 unspecified atom stereocenters. The summed E-state index contributed by atoms with van der Waals surface area (Å²) in [6, 6.07) is 17.8. The van der Waals surface area contributed by atoms with E-state index in [2.05, 4.69) is 20.5 Å². The highest BCUT2D eigenvalue weighted by Gasteiger charge is 2.28. The zero-order chi connectivity index (χ0) is 19.4. The van der Waals surface area contributed by atoms with Gasteiger partial charge in [0.2, 0.25) is 10.0 Å². The summed E-state index contributed by atoms with van der Waals surface area (Å²) in [7, 11) is -3.46. The molecule has 1 aliphatic rings. The number of sulfonamides is 1. The Labute approximate surface area is 163 Å². The molecule has 2 aromatic heterocycles. The first-order valence-corrected chi connectivity index (χ1v) is 10.4. The topological polar surface area (TPSA) is 91.3 Å². The first-order valence-electron chi connectivity index (χ1n) is 8.95. The fraction of sp³-hybridized carbons (Fsp3) is 0.211. The van der Waals surface area contributed by atoms with Crippen molar-refractivity contribution in [2.24, 2.45) is 0 Å². The maximum Gasteiger partial charge on any atom is 0.243 e. The molecule has 0 spiro atoms. The van der Waals surface area contributed by atoms with Gasteiger partial charge in [0.1, 0.15) is 5.82 Å². The summed E-state index contributed by atoms with van der Waals surface area (Å²) in [5.74, 6) is 2.03. The highest BCUT2D eigenvalue weighted by molar-refractivity contribution is 7.89. The summed E-state index contributed by atoms with van der Waals surface area (Å²) < 4.78 is 26.9. The van der Waals surface area contributed by atoms with Crippen molar-refractivity contribution < 1.29 is 8.42 Å². The normalized spacial score (nSPS) is 15.4. The zero-order valence-electron chi connectivity index (χ0n) is 15.1. The Morgan fingerprint density at radius 2 is 1.54 bits per heavy atom. The lowest BCUT2D eigenvalue weighted by Gasteiger charge is -2.34. The highest BCUT2D eigenvalue weighted by atomic mass is 32.2. The predicted octanol–water partition coefficient (Wildman–Crippen LogP) is 2.13. The Hall–Kier alpha value is -3.04. The van der Waals surface area contributed by atoms with Crippen LogP contribution in [-0.2, 0) is 10.0 Å². The molecule has 0 radical (unpaired) electrons. The van der Waals surface area contributed by atoms with Crippen molar-refractivity contribution in [2.45, 2.75) is 4.90 Å². The third kappa shape index (κ3) is 3.95. The average Bonchev–Trinajstić information content (AvgIpc) is 2.76. The molecule has 1 N–H and O–H groups in total. The third-order valence-corrected chi connectivity index (χ3v) is 6.43. The number of nitrogens with zero attached hydrogens (tertiary/aromatic N) is 5. The molecule has 28 heavy (non-hydrogen) atoms. The van der Waals surface area contributed by atoms with Crippen LogP contribution in [0.2, 0.25) is 0 Å². The molecule has 9 heteroatoms. The van der Waals surface area contributed by atoms with Gasteiger partial charge < -0.3 is 10.2 Å². The number of anilines is 3. The van der Waals surface area contributed by atoms with Crippen LogP contribution in [0.1, 0.15) is 0 Å². The Morgan fingerprint density at radius 3 is 2.18 bits per heavy atom. The van der Waals surface area contributed by atoms with Gasteiger partial charge in [0.25, 0.3) is 0 Å². The van der Waals surface area contributed by atoms with Gasteiger partial charge in [-0.05, 0) is 36.4 Å². The zero-order valence-corrected chi connectivity index (χ0v) is 16.0. The summed E-state index contributed by atoms with van der Waals surface area (Å²) in [6.45, 7) is 1.95.